The Labute approximate surface area is 66.2 Å². The molecule has 0 amide bonds. The first kappa shape index (κ1) is 8.05. The minimum atomic E-state index is -0.244. The number of carbonyl (C=O) groups excluding carboxylic acids is 1. The molecule has 1 aliphatic carbocycles. The molecule has 0 atom stereocenters. The summed E-state index contributed by atoms with van der Waals surface area (Å²) in [5.74, 6) is -0.296. The summed E-state index contributed by atoms with van der Waals surface area (Å²) in [6, 6.07) is 0. The third kappa shape index (κ3) is 1.34. The molecule has 2 heteroatoms. The van der Waals surface area contributed by atoms with E-state index in [-0.39, 0.29) is 11.5 Å². The van der Waals surface area contributed by atoms with Gasteiger partial charge in [-0.1, -0.05) is 13.3 Å². The van der Waals surface area contributed by atoms with Crippen molar-refractivity contribution in [2.45, 2.75) is 26.7 Å². The van der Waals surface area contributed by atoms with Crippen LogP contribution in [0.4, 0.5) is 0 Å². The van der Waals surface area contributed by atoms with E-state index in [0.717, 1.165) is 24.0 Å². The van der Waals surface area contributed by atoms with Gasteiger partial charge >= 0.3 is 0 Å². The van der Waals surface area contributed by atoms with E-state index in [1.54, 1.807) is 0 Å². The zero-order valence-corrected chi connectivity index (χ0v) is 6.85. The quantitative estimate of drug-likeness (QED) is 0.658. The molecule has 0 aromatic rings. The molecule has 0 heterocycles. The van der Waals surface area contributed by atoms with Crippen molar-refractivity contribution >= 4 is 5.78 Å². The number of allylic oxidation sites excluding steroid dienone is 3. The van der Waals surface area contributed by atoms with Gasteiger partial charge in [0, 0.05) is 5.57 Å². The molecule has 0 radical (unpaired) electrons. The molecule has 60 valence electrons. The highest BCUT2D eigenvalue weighted by molar-refractivity contribution is 6.07. The Bertz CT molecular complexity index is 246. The Kier molecular flexibility index (Phi) is 2.13. The summed E-state index contributed by atoms with van der Waals surface area (Å²) in [6.45, 7) is 3.88. The molecular weight excluding hydrogens is 140 g/mol. The highest BCUT2D eigenvalue weighted by Gasteiger charge is 2.19. The van der Waals surface area contributed by atoms with Gasteiger partial charge in [-0.15, -0.1) is 0 Å². The lowest BCUT2D eigenvalue weighted by atomic mass is 10.1. The van der Waals surface area contributed by atoms with Gasteiger partial charge in [0.05, 0.1) is 0 Å². The summed E-state index contributed by atoms with van der Waals surface area (Å²) >= 11 is 0. The maximum Gasteiger partial charge on any atom is 0.220 e. The van der Waals surface area contributed by atoms with Crippen LogP contribution in [0, 0.1) is 0 Å². The second-order valence-corrected chi connectivity index (χ2v) is 2.77. The van der Waals surface area contributed by atoms with E-state index in [2.05, 4.69) is 0 Å². The average Bonchev–Trinajstić information content (AvgIpc) is 2.17. The Morgan fingerprint density at radius 2 is 2.18 bits per heavy atom. The van der Waals surface area contributed by atoms with E-state index >= 15 is 0 Å². The molecule has 0 saturated carbocycles. The Balaban J connectivity index is 2.90. The van der Waals surface area contributed by atoms with E-state index in [0.29, 0.717) is 0 Å². The fourth-order valence-corrected chi connectivity index (χ4v) is 1.25. The van der Waals surface area contributed by atoms with Crippen molar-refractivity contribution in [3.8, 4) is 0 Å². The van der Waals surface area contributed by atoms with Crippen molar-refractivity contribution in [1.82, 2.24) is 0 Å². The van der Waals surface area contributed by atoms with Crippen LogP contribution in [0.1, 0.15) is 26.7 Å². The Morgan fingerprint density at radius 1 is 1.55 bits per heavy atom. The monoisotopic (exact) mass is 152 g/mol. The normalized spacial score (nSPS) is 17.6. The molecule has 0 saturated heterocycles. The number of aliphatic hydroxyl groups excluding tert-OH is 1. The van der Waals surface area contributed by atoms with E-state index < -0.39 is 0 Å². The zero-order valence-electron chi connectivity index (χ0n) is 6.85. The first-order valence-electron chi connectivity index (χ1n) is 3.82. The van der Waals surface area contributed by atoms with Crippen molar-refractivity contribution in [2.24, 2.45) is 0 Å². The van der Waals surface area contributed by atoms with Gasteiger partial charge < -0.3 is 5.11 Å². The summed E-state index contributed by atoms with van der Waals surface area (Å²) in [4.78, 5) is 10.9. The van der Waals surface area contributed by atoms with Gasteiger partial charge in [0.15, 0.2) is 5.76 Å². The van der Waals surface area contributed by atoms with Crippen LogP contribution in [-0.4, -0.2) is 10.9 Å². The molecule has 1 rings (SSSR count). The molecule has 0 bridgehead atoms. The van der Waals surface area contributed by atoms with Crippen molar-refractivity contribution in [3.05, 3.63) is 23.0 Å². The second-order valence-electron chi connectivity index (χ2n) is 2.77. The van der Waals surface area contributed by atoms with Crippen LogP contribution in [0.5, 0.6) is 0 Å². The topological polar surface area (TPSA) is 37.3 Å². The lowest BCUT2D eigenvalue weighted by molar-refractivity contribution is -0.113. The summed E-state index contributed by atoms with van der Waals surface area (Å²) < 4.78 is 0. The SMILES string of the molecule is CCCC1=C(O)C(=O)C=C1C. The highest BCUT2D eigenvalue weighted by atomic mass is 16.3. The first-order chi connectivity index (χ1) is 5.16. The van der Waals surface area contributed by atoms with Gasteiger partial charge in [-0.2, -0.15) is 0 Å². The van der Waals surface area contributed by atoms with E-state index in [9.17, 15) is 9.90 Å². The van der Waals surface area contributed by atoms with Crippen LogP contribution in [0.25, 0.3) is 0 Å². The van der Waals surface area contributed by atoms with Crippen molar-refractivity contribution in [3.63, 3.8) is 0 Å². The molecule has 11 heavy (non-hydrogen) atoms. The van der Waals surface area contributed by atoms with Crippen molar-refractivity contribution < 1.29 is 9.90 Å². The summed E-state index contributed by atoms with van der Waals surface area (Å²) in [7, 11) is 0. The predicted octanol–water partition coefficient (Wildman–Crippen LogP) is 2.13. The Morgan fingerprint density at radius 3 is 2.55 bits per heavy atom. The largest absolute Gasteiger partial charge is 0.504 e. The van der Waals surface area contributed by atoms with Gasteiger partial charge in [0.25, 0.3) is 0 Å². The second kappa shape index (κ2) is 2.91. The maximum absolute atomic E-state index is 10.9. The third-order valence-electron chi connectivity index (χ3n) is 1.84. The van der Waals surface area contributed by atoms with E-state index in [1.807, 2.05) is 13.8 Å². The summed E-state index contributed by atoms with van der Waals surface area (Å²) in [5.41, 5.74) is 1.73. The van der Waals surface area contributed by atoms with E-state index in [4.69, 9.17) is 0 Å². The molecule has 1 N–H and O–H groups in total. The molecule has 0 aliphatic heterocycles. The van der Waals surface area contributed by atoms with Crippen LogP contribution >= 0.6 is 0 Å². The fraction of sp³-hybridized carbons (Fsp3) is 0.444. The van der Waals surface area contributed by atoms with Crippen molar-refractivity contribution in [2.75, 3.05) is 0 Å². The highest BCUT2D eigenvalue weighted by Crippen LogP contribution is 2.25. The number of carbonyl (C=O) groups is 1. The average molecular weight is 152 g/mol. The minimum Gasteiger partial charge on any atom is -0.504 e. The summed E-state index contributed by atoms with van der Waals surface area (Å²) in [5, 5.41) is 9.24. The number of ketones is 1. The molecule has 0 aromatic heterocycles. The molecule has 1 aliphatic rings. The number of hydrogen-bond donors (Lipinski definition) is 1. The van der Waals surface area contributed by atoms with Crippen LogP contribution < -0.4 is 0 Å². The van der Waals surface area contributed by atoms with Crippen molar-refractivity contribution in [1.29, 1.82) is 0 Å². The van der Waals surface area contributed by atoms with Gasteiger partial charge in [-0.3, -0.25) is 4.79 Å². The van der Waals surface area contributed by atoms with Gasteiger partial charge in [0.1, 0.15) is 0 Å². The van der Waals surface area contributed by atoms with Crippen LogP contribution in [0.3, 0.4) is 0 Å². The molecular formula is C9H12O2. The maximum atomic E-state index is 10.9. The lowest BCUT2D eigenvalue weighted by Gasteiger charge is -2.00. The van der Waals surface area contributed by atoms with Crippen LogP contribution in [0.2, 0.25) is 0 Å². The minimum absolute atomic E-state index is 0.0515. The smallest absolute Gasteiger partial charge is 0.220 e. The number of rotatable bonds is 2. The molecule has 0 unspecified atom stereocenters. The standard InChI is InChI=1S/C9H12O2/c1-3-4-7-6(2)5-8(10)9(7)11/h5H,3-4H2,1-2H3,(H,10,11). The van der Waals surface area contributed by atoms with Crippen LogP contribution in [0.15, 0.2) is 23.0 Å². The molecule has 0 spiro atoms. The summed E-state index contributed by atoms with van der Waals surface area (Å²) in [6.07, 6.45) is 3.23. The third-order valence-corrected chi connectivity index (χ3v) is 1.84. The van der Waals surface area contributed by atoms with Gasteiger partial charge in [0.2, 0.25) is 5.78 Å². The fourth-order valence-electron chi connectivity index (χ4n) is 1.25. The first-order valence-corrected chi connectivity index (χ1v) is 3.82. The Hall–Kier alpha value is -1.05. The number of aliphatic hydroxyl groups is 1. The zero-order chi connectivity index (χ0) is 8.43. The van der Waals surface area contributed by atoms with Crippen LogP contribution in [-0.2, 0) is 4.79 Å². The predicted molar refractivity (Wildman–Crippen MR) is 43.3 cm³/mol. The molecule has 0 fully saturated rings. The molecule has 2 nitrogen and oxygen atoms in total. The van der Waals surface area contributed by atoms with Gasteiger partial charge in [-0.25, -0.2) is 0 Å². The lowest BCUT2D eigenvalue weighted by Crippen LogP contribution is -1.94. The molecule has 0 aromatic carbocycles. The number of hydrogen-bond acceptors (Lipinski definition) is 2. The van der Waals surface area contributed by atoms with Gasteiger partial charge in [-0.05, 0) is 25.0 Å². The van der Waals surface area contributed by atoms with E-state index in [1.165, 1.54) is 6.08 Å².